The van der Waals surface area contributed by atoms with Gasteiger partial charge in [-0.15, -0.1) is 0 Å². The molecule has 1 rings (SSSR count). The monoisotopic (exact) mass is 264 g/mol. The third-order valence-electron chi connectivity index (χ3n) is 2.62. The molecule has 0 radical (unpaired) electrons. The van der Waals surface area contributed by atoms with Crippen LogP contribution < -0.4 is 10.6 Å². The lowest BCUT2D eigenvalue weighted by Crippen LogP contribution is -2.33. The fraction of sp³-hybridized carbons (Fsp3) is 0.727. The molecule has 1 unspecified atom stereocenters. The Morgan fingerprint density at radius 3 is 2.44 bits per heavy atom. The van der Waals surface area contributed by atoms with Crippen molar-refractivity contribution in [3.8, 4) is 0 Å². The number of alkyl halides is 3. The van der Waals surface area contributed by atoms with Crippen LogP contribution in [0.1, 0.15) is 18.2 Å². The number of aromatic nitrogens is 2. The van der Waals surface area contributed by atoms with Gasteiger partial charge < -0.3 is 10.6 Å². The zero-order valence-corrected chi connectivity index (χ0v) is 11.0. The minimum Gasteiger partial charge on any atom is -0.351 e. The molecule has 7 heteroatoms. The average molecular weight is 264 g/mol. The van der Waals surface area contributed by atoms with Crippen molar-refractivity contribution in [2.45, 2.75) is 32.5 Å². The van der Waals surface area contributed by atoms with Crippen LogP contribution in [0, 0.1) is 6.92 Å². The standard InChI is InChI=1S/C11H19F3N4/c1-7(15)5-9-8(2)16-18(4)10(9)17(3)6-11(12,13)14/h7H,5-6,15H2,1-4H3. The van der Waals surface area contributed by atoms with E-state index in [1.807, 2.05) is 6.92 Å². The Kier molecular flexibility index (Phi) is 4.26. The van der Waals surface area contributed by atoms with E-state index in [1.165, 1.54) is 11.7 Å². The molecule has 0 aliphatic rings. The summed E-state index contributed by atoms with van der Waals surface area (Å²) < 4.78 is 38.8. The van der Waals surface area contributed by atoms with E-state index in [4.69, 9.17) is 5.73 Å². The first-order valence-electron chi connectivity index (χ1n) is 5.67. The van der Waals surface area contributed by atoms with Crippen molar-refractivity contribution in [3.63, 3.8) is 0 Å². The number of hydrogen-bond acceptors (Lipinski definition) is 3. The molecule has 0 amide bonds. The predicted molar refractivity (Wildman–Crippen MR) is 64.6 cm³/mol. The van der Waals surface area contributed by atoms with Crippen LogP contribution in [0.5, 0.6) is 0 Å². The molecule has 0 aliphatic carbocycles. The van der Waals surface area contributed by atoms with Gasteiger partial charge in [-0.25, -0.2) is 0 Å². The Bertz CT molecular complexity index is 409. The quantitative estimate of drug-likeness (QED) is 0.899. The maximum absolute atomic E-state index is 12.4. The van der Waals surface area contributed by atoms with Gasteiger partial charge in [0.2, 0.25) is 0 Å². The molecule has 0 saturated carbocycles. The van der Waals surface area contributed by atoms with E-state index < -0.39 is 12.7 Å². The molecular formula is C11H19F3N4. The highest BCUT2D eigenvalue weighted by Crippen LogP contribution is 2.26. The number of nitrogens with zero attached hydrogens (tertiary/aromatic N) is 3. The first kappa shape index (κ1) is 14.8. The molecule has 0 aliphatic heterocycles. The molecule has 0 spiro atoms. The smallest absolute Gasteiger partial charge is 0.351 e. The van der Waals surface area contributed by atoms with Crippen molar-refractivity contribution >= 4 is 5.82 Å². The molecule has 2 N–H and O–H groups in total. The van der Waals surface area contributed by atoms with E-state index in [0.717, 1.165) is 16.2 Å². The van der Waals surface area contributed by atoms with E-state index >= 15 is 0 Å². The summed E-state index contributed by atoms with van der Waals surface area (Å²) in [6.07, 6.45) is -3.73. The van der Waals surface area contributed by atoms with Crippen LogP contribution in [0.4, 0.5) is 19.0 Å². The third kappa shape index (κ3) is 3.63. The molecular weight excluding hydrogens is 245 g/mol. The van der Waals surface area contributed by atoms with Crippen molar-refractivity contribution in [1.82, 2.24) is 9.78 Å². The van der Waals surface area contributed by atoms with Gasteiger partial charge in [-0.2, -0.15) is 18.3 Å². The Morgan fingerprint density at radius 1 is 1.44 bits per heavy atom. The molecule has 0 saturated heterocycles. The van der Waals surface area contributed by atoms with Crippen LogP contribution in [-0.2, 0) is 13.5 Å². The Balaban J connectivity index is 3.06. The van der Waals surface area contributed by atoms with Gasteiger partial charge >= 0.3 is 6.18 Å². The summed E-state index contributed by atoms with van der Waals surface area (Å²) in [6.45, 7) is 2.60. The van der Waals surface area contributed by atoms with E-state index in [1.54, 1.807) is 14.0 Å². The molecule has 0 bridgehead atoms. The summed E-state index contributed by atoms with van der Waals surface area (Å²) in [7, 11) is 3.05. The number of halogens is 3. The predicted octanol–water partition coefficient (Wildman–Crippen LogP) is 1.62. The van der Waals surface area contributed by atoms with Gasteiger partial charge in [0.15, 0.2) is 0 Å². The maximum Gasteiger partial charge on any atom is 0.405 e. The number of anilines is 1. The topological polar surface area (TPSA) is 47.1 Å². The molecule has 1 aromatic heterocycles. The second kappa shape index (κ2) is 5.17. The summed E-state index contributed by atoms with van der Waals surface area (Å²) in [4.78, 5) is 1.16. The van der Waals surface area contributed by atoms with E-state index in [0.29, 0.717) is 12.2 Å². The number of aryl methyl sites for hydroxylation is 2. The largest absolute Gasteiger partial charge is 0.405 e. The summed E-state index contributed by atoms with van der Waals surface area (Å²) >= 11 is 0. The van der Waals surface area contributed by atoms with E-state index in [9.17, 15) is 13.2 Å². The van der Waals surface area contributed by atoms with Gasteiger partial charge in [0.25, 0.3) is 0 Å². The highest BCUT2D eigenvalue weighted by Gasteiger charge is 2.31. The molecule has 1 heterocycles. The molecule has 0 fully saturated rings. The summed E-state index contributed by atoms with van der Waals surface area (Å²) in [6, 6.07) is -0.120. The highest BCUT2D eigenvalue weighted by atomic mass is 19.4. The Morgan fingerprint density at radius 2 is 2.00 bits per heavy atom. The Labute approximate surface area is 105 Å². The summed E-state index contributed by atoms with van der Waals surface area (Å²) in [5.74, 6) is 0.474. The van der Waals surface area contributed by atoms with Crippen LogP contribution in [0.3, 0.4) is 0 Å². The lowest BCUT2D eigenvalue weighted by Gasteiger charge is -2.22. The minimum atomic E-state index is -4.24. The maximum atomic E-state index is 12.4. The van der Waals surface area contributed by atoms with Crippen molar-refractivity contribution in [3.05, 3.63) is 11.3 Å². The van der Waals surface area contributed by atoms with Crippen LogP contribution in [0.15, 0.2) is 0 Å². The van der Waals surface area contributed by atoms with Crippen LogP contribution in [0.25, 0.3) is 0 Å². The van der Waals surface area contributed by atoms with Crippen molar-refractivity contribution in [2.24, 2.45) is 12.8 Å². The first-order valence-corrected chi connectivity index (χ1v) is 5.67. The zero-order valence-electron chi connectivity index (χ0n) is 11.0. The number of nitrogens with two attached hydrogens (primary N) is 1. The van der Waals surface area contributed by atoms with Crippen molar-refractivity contribution in [1.29, 1.82) is 0 Å². The van der Waals surface area contributed by atoms with Gasteiger partial charge in [0, 0.05) is 25.7 Å². The normalized spacial score (nSPS) is 13.8. The molecule has 4 nitrogen and oxygen atoms in total. The molecule has 1 aromatic rings. The van der Waals surface area contributed by atoms with Crippen LogP contribution >= 0.6 is 0 Å². The molecule has 18 heavy (non-hydrogen) atoms. The van der Waals surface area contributed by atoms with E-state index in [2.05, 4.69) is 5.10 Å². The summed E-state index contributed by atoms with van der Waals surface area (Å²) in [5, 5.41) is 4.17. The SMILES string of the molecule is Cc1nn(C)c(N(C)CC(F)(F)F)c1CC(C)N. The van der Waals surface area contributed by atoms with Crippen LogP contribution in [-0.4, -0.2) is 35.6 Å². The number of rotatable bonds is 4. The van der Waals surface area contributed by atoms with Gasteiger partial charge in [0.05, 0.1) is 5.69 Å². The first-order chi connectivity index (χ1) is 8.11. The Hall–Kier alpha value is -1.24. The molecule has 1 atom stereocenters. The van der Waals surface area contributed by atoms with Gasteiger partial charge in [-0.3, -0.25) is 4.68 Å². The molecule has 0 aromatic carbocycles. The van der Waals surface area contributed by atoms with Gasteiger partial charge in [-0.05, 0) is 20.3 Å². The summed E-state index contributed by atoms with van der Waals surface area (Å²) in [5.41, 5.74) is 7.22. The van der Waals surface area contributed by atoms with Crippen molar-refractivity contribution < 1.29 is 13.2 Å². The second-order valence-electron chi connectivity index (χ2n) is 4.66. The highest BCUT2D eigenvalue weighted by molar-refractivity contribution is 5.50. The fourth-order valence-corrected chi connectivity index (χ4v) is 2.07. The second-order valence-corrected chi connectivity index (χ2v) is 4.66. The van der Waals surface area contributed by atoms with Gasteiger partial charge in [-0.1, -0.05) is 0 Å². The third-order valence-corrected chi connectivity index (χ3v) is 2.62. The fourth-order valence-electron chi connectivity index (χ4n) is 2.07. The van der Waals surface area contributed by atoms with Crippen LogP contribution in [0.2, 0.25) is 0 Å². The average Bonchev–Trinajstić information content (AvgIpc) is 2.37. The minimum absolute atomic E-state index is 0.120. The van der Waals surface area contributed by atoms with Gasteiger partial charge in [0.1, 0.15) is 12.4 Å². The number of hydrogen-bond donors (Lipinski definition) is 1. The lowest BCUT2D eigenvalue weighted by atomic mass is 10.1. The lowest BCUT2D eigenvalue weighted by molar-refractivity contribution is -0.119. The zero-order chi connectivity index (χ0) is 14.1. The van der Waals surface area contributed by atoms with E-state index in [-0.39, 0.29) is 6.04 Å². The van der Waals surface area contributed by atoms with Crippen molar-refractivity contribution in [2.75, 3.05) is 18.5 Å². The molecule has 104 valence electrons.